The molecule has 0 aliphatic rings. The number of ether oxygens (including phenoxy) is 1. The van der Waals surface area contributed by atoms with Gasteiger partial charge in [0.25, 0.3) is 5.91 Å². The summed E-state index contributed by atoms with van der Waals surface area (Å²) >= 11 is 6.04. The zero-order valence-electron chi connectivity index (χ0n) is 12.6. The summed E-state index contributed by atoms with van der Waals surface area (Å²) in [7, 11) is 0. The second-order valence-corrected chi connectivity index (χ2v) is 5.31. The Labute approximate surface area is 143 Å². The summed E-state index contributed by atoms with van der Waals surface area (Å²) in [6.07, 6.45) is 1.50. The second kappa shape index (κ2) is 7.56. The van der Waals surface area contributed by atoms with Gasteiger partial charge in [-0.2, -0.15) is 0 Å². The average Bonchev–Trinajstić information content (AvgIpc) is 3.14. The molecule has 2 aromatic carbocycles. The molecule has 0 bridgehead atoms. The number of nitrogens with one attached hydrogen (secondary N) is 1. The topological polar surface area (TPSA) is 81.9 Å². The number of hydrogen-bond donors (Lipinski definition) is 1. The molecule has 8 heteroatoms. The zero-order chi connectivity index (χ0) is 16.8. The predicted octanol–water partition coefficient (Wildman–Crippen LogP) is 2.01. The maximum Gasteiger partial charge on any atom is 0.258 e. The first-order chi connectivity index (χ1) is 11.7. The van der Waals surface area contributed by atoms with E-state index < -0.39 is 0 Å². The molecule has 122 valence electrons. The Balaban J connectivity index is 1.48. The fourth-order valence-electron chi connectivity index (χ4n) is 2.01. The Kier molecular flexibility index (Phi) is 5.02. The summed E-state index contributed by atoms with van der Waals surface area (Å²) in [6, 6.07) is 14.5. The molecule has 3 aromatic rings. The van der Waals surface area contributed by atoms with Crippen LogP contribution in [0.5, 0.6) is 5.75 Å². The number of carbonyl (C=O) groups excluding carboxylic acids is 1. The van der Waals surface area contributed by atoms with Crippen LogP contribution in [0.2, 0.25) is 5.02 Å². The van der Waals surface area contributed by atoms with Crippen molar-refractivity contribution >= 4 is 17.5 Å². The van der Waals surface area contributed by atoms with Crippen LogP contribution >= 0.6 is 11.6 Å². The summed E-state index contributed by atoms with van der Waals surface area (Å²) in [4.78, 5) is 11.8. The quantitative estimate of drug-likeness (QED) is 0.740. The van der Waals surface area contributed by atoms with Gasteiger partial charge in [-0.15, -0.1) is 5.10 Å². The summed E-state index contributed by atoms with van der Waals surface area (Å²) in [5.41, 5.74) is 1.66. The van der Waals surface area contributed by atoms with Crippen LogP contribution in [0.3, 0.4) is 0 Å². The van der Waals surface area contributed by atoms with Crippen molar-refractivity contribution in [3.05, 3.63) is 65.4 Å². The molecule has 0 atom stereocenters. The van der Waals surface area contributed by atoms with Crippen LogP contribution in [0.25, 0.3) is 5.69 Å². The molecule has 1 heterocycles. The van der Waals surface area contributed by atoms with E-state index in [2.05, 4.69) is 20.8 Å². The van der Waals surface area contributed by atoms with Crippen molar-refractivity contribution in [2.24, 2.45) is 0 Å². The van der Waals surface area contributed by atoms with Gasteiger partial charge < -0.3 is 10.1 Å². The fourth-order valence-corrected chi connectivity index (χ4v) is 2.21. The molecular weight excluding hydrogens is 330 g/mol. The summed E-state index contributed by atoms with van der Waals surface area (Å²) in [5.74, 6) is 0.360. The van der Waals surface area contributed by atoms with Crippen molar-refractivity contribution < 1.29 is 9.53 Å². The zero-order valence-corrected chi connectivity index (χ0v) is 13.3. The number of rotatable bonds is 6. The normalized spacial score (nSPS) is 10.4. The highest BCUT2D eigenvalue weighted by Gasteiger charge is 2.05. The first-order valence-corrected chi connectivity index (χ1v) is 7.56. The van der Waals surface area contributed by atoms with Crippen LogP contribution < -0.4 is 10.1 Å². The third-order valence-corrected chi connectivity index (χ3v) is 3.62. The fraction of sp³-hybridized carbons (Fsp3) is 0.125. The maximum absolute atomic E-state index is 11.8. The number of nitrogens with zero attached hydrogens (tertiary/aromatic N) is 4. The number of hydrogen-bond acceptors (Lipinski definition) is 5. The number of amides is 1. The molecule has 24 heavy (non-hydrogen) atoms. The molecule has 0 saturated heterocycles. The predicted molar refractivity (Wildman–Crippen MR) is 87.9 cm³/mol. The van der Waals surface area contributed by atoms with E-state index in [4.69, 9.17) is 16.3 Å². The first-order valence-electron chi connectivity index (χ1n) is 7.19. The molecule has 0 fully saturated rings. The first kappa shape index (κ1) is 15.9. The van der Waals surface area contributed by atoms with E-state index in [9.17, 15) is 4.79 Å². The van der Waals surface area contributed by atoms with Crippen LogP contribution in [0, 0.1) is 0 Å². The van der Waals surface area contributed by atoms with Gasteiger partial charge >= 0.3 is 0 Å². The molecule has 3 rings (SSSR count). The lowest BCUT2D eigenvalue weighted by Crippen LogP contribution is -2.28. The molecule has 0 unspecified atom stereocenters. The Morgan fingerprint density at radius 2 is 1.96 bits per heavy atom. The lowest BCUT2D eigenvalue weighted by molar-refractivity contribution is -0.123. The van der Waals surface area contributed by atoms with Crippen molar-refractivity contribution in [3.8, 4) is 11.4 Å². The third-order valence-electron chi connectivity index (χ3n) is 3.25. The summed E-state index contributed by atoms with van der Waals surface area (Å²) in [6.45, 7) is 0.286. The number of carbonyl (C=O) groups is 1. The van der Waals surface area contributed by atoms with E-state index in [1.807, 2.05) is 18.2 Å². The van der Waals surface area contributed by atoms with Gasteiger partial charge in [-0.3, -0.25) is 4.79 Å². The summed E-state index contributed by atoms with van der Waals surface area (Å²) in [5, 5.41) is 14.3. The van der Waals surface area contributed by atoms with Crippen molar-refractivity contribution in [2.75, 3.05) is 6.61 Å². The van der Waals surface area contributed by atoms with Crippen molar-refractivity contribution in [1.82, 2.24) is 25.5 Å². The Morgan fingerprint density at radius 1 is 1.17 bits per heavy atom. The lowest BCUT2D eigenvalue weighted by Gasteiger charge is -2.09. The van der Waals surface area contributed by atoms with Crippen molar-refractivity contribution in [3.63, 3.8) is 0 Å². The standard InChI is InChI=1S/C16H14ClN5O2/c17-15-4-2-1-3-12(15)9-18-16(23)10-24-14-7-5-13(6-8-14)22-11-19-20-21-22/h1-8,11H,9-10H2,(H,18,23). The maximum atomic E-state index is 11.8. The molecule has 1 N–H and O–H groups in total. The van der Waals surface area contributed by atoms with Crippen molar-refractivity contribution in [2.45, 2.75) is 6.54 Å². The number of halogens is 1. The molecule has 0 spiro atoms. The molecule has 0 aliphatic heterocycles. The van der Waals surface area contributed by atoms with E-state index in [-0.39, 0.29) is 12.5 Å². The second-order valence-electron chi connectivity index (χ2n) is 4.91. The van der Waals surface area contributed by atoms with Gasteiger partial charge in [-0.25, -0.2) is 4.68 Å². The van der Waals surface area contributed by atoms with Gasteiger partial charge in [-0.1, -0.05) is 29.8 Å². The molecule has 0 aliphatic carbocycles. The Hall–Kier alpha value is -2.93. The molecular formula is C16H14ClN5O2. The number of benzene rings is 2. The van der Waals surface area contributed by atoms with E-state index in [0.29, 0.717) is 17.3 Å². The Bertz CT molecular complexity index is 806. The van der Waals surface area contributed by atoms with Crippen LogP contribution in [0.1, 0.15) is 5.56 Å². The average molecular weight is 344 g/mol. The van der Waals surface area contributed by atoms with Gasteiger partial charge in [0.2, 0.25) is 0 Å². The minimum absolute atomic E-state index is 0.0747. The lowest BCUT2D eigenvalue weighted by atomic mass is 10.2. The van der Waals surface area contributed by atoms with Gasteiger partial charge in [0.15, 0.2) is 6.61 Å². The minimum atomic E-state index is -0.223. The monoisotopic (exact) mass is 343 g/mol. The van der Waals surface area contributed by atoms with Crippen LogP contribution in [-0.2, 0) is 11.3 Å². The number of tetrazole rings is 1. The third kappa shape index (κ3) is 4.08. The molecule has 1 amide bonds. The molecule has 0 radical (unpaired) electrons. The largest absolute Gasteiger partial charge is 0.484 e. The number of aromatic nitrogens is 4. The molecule has 1 aromatic heterocycles. The molecule has 7 nitrogen and oxygen atoms in total. The van der Waals surface area contributed by atoms with Gasteiger partial charge in [0.1, 0.15) is 12.1 Å². The highest BCUT2D eigenvalue weighted by molar-refractivity contribution is 6.31. The highest BCUT2D eigenvalue weighted by Crippen LogP contribution is 2.15. The van der Waals surface area contributed by atoms with E-state index in [1.54, 1.807) is 30.3 Å². The van der Waals surface area contributed by atoms with E-state index >= 15 is 0 Å². The minimum Gasteiger partial charge on any atom is -0.484 e. The van der Waals surface area contributed by atoms with Gasteiger partial charge in [-0.05, 0) is 46.3 Å². The van der Waals surface area contributed by atoms with Crippen LogP contribution in [0.15, 0.2) is 54.9 Å². The van der Waals surface area contributed by atoms with Gasteiger partial charge in [0.05, 0.1) is 5.69 Å². The molecule has 0 saturated carbocycles. The Morgan fingerprint density at radius 3 is 2.67 bits per heavy atom. The van der Waals surface area contributed by atoms with E-state index in [1.165, 1.54) is 11.0 Å². The SMILES string of the molecule is O=C(COc1ccc(-n2cnnn2)cc1)NCc1ccccc1Cl. The van der Waals surface area contributed by atoms with E-state index in [0.717, 1.165) is 11.3 Å². The highest BCUT2D eigenvalue weighted by atomic mass is 35.5. The summed E-state index contributed by atoms with van der Waals surface area (Å²) < 4.78 is 6.98. The van der Waals surface area contributed by atoms with Gasteiger partial charge in [0, 0.05) is 11.6 Å². The van der Waals surface area contributed by atoms with Crippen molar-refractivity contribution in [1.29, 1.82) is 0 Å². The van der Waals surface area contributed by atoms with Crippen LogP contribution in [0.4, 0.5) is 0 Å². The smallest absolute Gasteiger partial charge is 0.258 e. The van der Waals surface area contributed by atoms with Crippen LogP contribution in [-0.4, -0.2) is 32.7 Å².